The fourth-order valence-electron chi connectivity index (χ4n) is 2.64. The minimum absolute atomic E-state index is 0.0339. The molecule has 0 amide bonds. The molecule has 2 aromatic rings. The van der Waals surface area contributed by atoms with E-state index in [1.807, 2.05) is 12.1 Å². The number of carbonyl (C=O) groups is 1. The fourth-order valence-corrected chi connectivity index (χ4v) is 2.64. The monoisotopic (exact) mass is 254 g/mol. The molecule has 19 heavy (non-hydrogen) atoms. The van der Waals surface area contributed by atoms with Crippen LogP contribution in [0.4, 0.5) is 4.39 Å². The van der Waals surface area contributed by atoms with Crippen molar-refractivity contribution in [3.63, 3.8) is 0 Å². The smallest absolute Gasteiger partial charge is 0.193 e. The van der Waals surface area contributed by atoms with Crippen LogP contribution in [0.2, 0.25) is 0 Å². The molecule has 3 rings (SSSR count). The molecule has 0 saturated heterocycles. The molecule has 0 aliphatic heterocycles. The van der Waals surface area contributed by atoms with Crippen LogP contribution in [-0.2, 0) is 12.8 Å². The minimum atomic E-state index is -0.318. The van der Waals surface area contributed by atoms with E-state index < -0.39 is 0 Å². The van der Waals surface area contributed by atoms with Crippen LogP contribution in [0.25, 0.3) is 0 Å². The lowest BCUT2D eigenvalue weighted by Crippen LogP contribution is -2.07. The second-order valence-corrected chi connectivity index (χ2v) is 5.03. The Morgan fingerprint density at radius 2 is 1.47 bits per heavy atom. The first-order chi connectivity index (χ1) is 9.24. The molecule has 1 nitrogen and oxygen atoms in total. The summed E-state index contributed by atoms with van der Waals surface area (Å²) in [5, 5.41) is 0. The van der Waals surface area contributed by atoms with Gasteiger partial charge < -0.3 is 0 Å². The lowest BCUT2D eigenvalue weighted by Gasteiger charge is -2.16. The highest BCUT2D eigenvalue weighted by atomic mass is 19.1. The van der Waals surface area contributed by atoms with Gasteiger partial charge in [-0.05, 0) is 67.1 Å². The number of fused-ring (bicyclic) bond motifs is 1. The van der Waals surface area contributed by atoms with E-state index in [0.29, 0.717) is 11.1 Å². The number of aryl methyl sites for hydroxylation is 2. The number of hydrogen-bond acceptors (Lipinski definition) is 1. The molecule has 0 saturated carbocycles. The van der Waals surface area contributed by atoms with Crippen LogP contribution in [0, 0.1) is 5.82 Å². The van der Waals surface area contributed by atoms with E-state index in [9.17, 15) is 9.18 Å². The maximum Gasteiger partial charge on any atom is 0.193 e. The Morgan fingerprint density at radius 3 is 2.21 bits per heavy atom. The van der Waals surface area contributed by atoms with Crippen LogP contribution in [0.15, 0.2) is 42.5 Å². The topological polar surface area (TPSA) is 17.1 Å². The minimum Gasteiger partial charge on any atom is -0.289 e. The lowest BCUT2D eigenvalue weighted by atomic mass is 9.89. The molecule has 0 radical (unpaired) electrons. The Labute approximate surface area is 112 Å². The summed E-state index contributed by atoms with van der Waals surface area (Å²) >= 11 is 0. The summed E-state index contributed by atoms with van der Waals surface area (Å²) in [6.45, 7) is 0. The average molecular weight is 254 g/mol. The maximum absolute atomic E-state index is 12.9. The second kappa shape index (κ2) is 4.96. The van der Waals surface area contributed by atoms with Crippen molar-refractivity contribution < 1.29 is 9.18 Å². The van der Waals surface area contributed by atoms with E-state index in [-0.39, 0.29) is 11.6 Å². The molecule has 1 aliphatic rings. The Hall–Kier alpha value is -1.96. The predicted octanol–water partition coefficient (Wildman–Crippen LogP) is 3.94. The molecular formula is C17H15FO. The van der Waals surface area contributed by atoms with Crippen molar-refractivity contribution in [2.24, 2.45) is 0 Å². The van der Waals surface area contributed by atoms with E-state index in [4.69, 9.17) is 0 Å². The van der Waals surface area contributed by atoms with Crippen LogP contribution in [-0.4, -0.2) is 5.78 Å². The van der Waals surface area contributed by atoms with Crippen LogP contribution in [0.1, 0.15) is 39.9 Å². The summed E-state index contributed by atoms with van der Waals surface area (Å²) < 4.78 is 12.9. The first-order valence-electron chi connectivity index (χ1n) is 6.66. The summed E-state index contributed by atoms with van der Waals surface area (Å²) in [5.74, 6) is -0.352. The molecule has 2 heteroatoms. The van der Waals surface area contributed by atoms with Crippen molar-refractivity contribution in [3.8, 4) is 0 Å². The summed E-state index contributed by atoms with van der Waals surface area (Å²) in [6.07, 6.45) is 4.60. The van der Waals surface area contributed by atoms with E-state index in [1.54, 1.807) is 0 Å². The number of hydrogen-bond donors (Lipinski definition) is 0. The largest absolute Gasteiger partial charge is 0.289 e. The molecule has 96 valence electrons. The highest BCUT2D eigenvalue weighted by Gasteiger charge is 2.14. The van der Waals surface area contributed by atoms with Gasteiger partial charge >= 0.3 is 0 Å². The Kier molecular flexibility index (Phi) is 3.16. The fraction of sp³-hybridized carbons (Fsp3) is 0.235. The summed E-state index contributed by atoms with van der Waals surface area (Å²) in [7, 11) is 0. The molecule has 0 heterocycles. The number of rotatable bonds is 2. The Balaban J connectivity index is 1.93. The van der Waals surface area contributed by atoms with Gasteiger partial charge in [-0.25, -0.2) is 4.39 Å². The van der Waals surface area contributed by atoms with Crippen LogP contribution < -0.4 is 0 Å². The number of ketones is 1. The zero-order chi connectivity index (χ0) is 13.2. The summed E-state index contributed by atoms with van der Waals surface area (Å²) in [6, 6.07) is 11.7. The quantitative estimate of drug-likeness (QED) is 0.742. The van der Waals surface area contributed by atoms with Gasteiger partial charge in [-0.2, -0.15) is 0 Å². The molecule has 1 aliphatic carbocycles. The van der Waals surface area contributed by atoms with Gasteiger partial charge in [0.1, 0.15) is 5.82 Å². The predicted molar refractivity (Wildman–Crippen MR) is 72.9 cm³/mol. The maximum atomic E-state index is 12.9. The van der Waals surface area contributed by atoms with Crippen molar-refractivity contribution in [2.45, 2.75) is 25.7 Å². The molecule has 0 N–H and O–H groups in total. The average Bonchev–Trinajstić information content (AvgIpc) is 2.47. The first kappa shape index (κ1) is 12.1. The zero-order valence-electron chi connectivity index (χ0n) is 10.7. The standard InChI is InChI=1S/C17H15FO/c18-16-9-7-13(8-10-16)17(19)15-6-5-12-3-1-2-4-14(12)11-15/h5-11H,1-4H2. The van der Waals surface area contributed by atoms with Gasteiger partial charge in [0.05, 0.1) is 0 Å². The third-order valence-corrected chi connectivity index (χ3v) is 3.72. The van der Waals surface area contributed by atoms with Crippen molar-refractivity contribution in [1.29, 1.82) is 0 Å². The number of carbonyl (C=O) groups excluding carboxylic acids is 1. The molecule has 0 aromatic heterocycles. The molecular weight excluding hydrogens is 239 g/mol. The second-order valence-electron chi connectivity index (χ2n) is 5.03. The van der Waals surface area contributed by atoms with E-state index >= 15 is 0 Å². The van der Waals surface area contributed by atoms with Crippen LogP contribution >= 0.6 is 0 Å². The SMILES string of the molecule is O=C(c1ccc(F)cc1)c1ccc2c(c1)CCCC2. The van der Waals surface area contributed by atoms with Crippen LogP contribution in [0.3, 0.4) is 0 Å². The Bertz CT molecular complexity index is 614. The van der Waals surface area contributed by atoms with Gasteiger partial charge in [0.15, 0.2) is 5.78 Å². The van der Waals surface area contributed by atoms with Gasteiger partial charge in [0.25, 0.3) is 0 Å². The van der Waals surface area contributed by atoms with E-state index in [1.165, 1.54) is 48.2 Å². The highest BCUT2D eigenvalue weighted by Crippen LogP contribution is 2.23. The molecule has 0 spiro atoms. The molecule has 0 fully saturated rings. The molecule has 0 atom stereocenters. The van der Waals surface area contributed by atoms with Gasteiger partial charge in [-0.3, -0.25) is 4.79 Å². The van der Waals surface area contributed by atoms with Crippen molar-refractivity contribution in [1.82, 2.24) is 0 Å². The van der Waals surface area contributed by atoms with Crippen LogP contribution in [0.5, 0.6) is 0 Å². The van der Waals surface area contributed by atoms with E-state index in [2.05, 4.69) is 6.07 Å². The van der Waals surface area contributed by atoms with Gasteiger partial charge in [0, 0.05) is 11.1 Å². The summed E-state index contributed by atoms with van der Waals surface area (Å²) in [4.78, 5) is 12.3. The van der Waals surface area contributed by atoms with Crippen molar-refractivity contribution in [3.05, 3.63) is 70.5 Å². The third-order valence-electron chi connectivity index (χ3n) is 3.72. The third kappa shape index (κ3) is 2.43. The first-order valence-corrected chi connectivity index (χ1v) is 6.66. The number of benzene rings is 2. The van der Waals surface area contributed by atoms with E-state index in [0.717, 1.165) is 12.8 Å². The highest BCUT2D eigenvalue weighted by molar-refractivity contribution is 6.09. The van der Waals surface area contributed by atoms with Crippen molar-refractivity contribution in [2.75, 3.05) is 0 Å². The molecule has 2 aromatic carbocycles. The normalized spacial score (nSPS) is 13.9. The zero-order valence-corrected chi connectivity index (χ0v) is 10.7. The number of halogens is 1. The Morgan fingerprint density at radius 1 is 0.842 bits per heavy atom. The lowest BCUT2D eigenvalue weighted by molar-refractivity contribution is 0.103. The molecule has 0 unspecified atom stereocenters. The van der Waals surface area contributed by atoms with Gasteiger partial charge in [-0.1, -0.05) is 12.1 Å². The van der Waals surface area contributed by atoms with Gasteiger partial charge in [0.2, 0.25) is 0 Å². The summed E-state index contributed by atoms with van der Waals surface area (Å²) in [5.41, 5.74) is 3.89. The van der Waals surface area contributed by atoms with Crippen molar-refractivity contribution >= 4 is 5.78 Å². The molecule has 0 bridgehead atoms. The van der Waals surface area contributed by atoms with Gasteiger partial charge in [-0.15, -0.1) is 0 Å².